The number of fused-ring (bicyclic) bond motifs is 1. The fourth-order valence-electron chi connectivity index (χ4n) is 2.98. The fraction of sp³-hybridized carbons (Fsp3) is 0.500. The molecule has 1 aliphatic heterocycles. The minimum Gasteiger partial charge on any atom is -0.396 e. The number of aliphatic hydroxyl groups is 1. The van der Waals surface area contributed by atoms with E-state index in [4.69, 9.17) is 5.11 Å². The number of benzene rings is 1. The van der Waals surface area contributed by atoms with Gasteiger partial charge in [-0.15, -0.1) is 0 Å². The molecule has 1 saturated heterocycles. The van der Waals surface area contributed by atoms with Crippen molar-refractivity contribution >= 4 is 16.9 Å². The minimum atomic E-state index is 0.0927. The van der Waals surface area contributed by atoms with E-state index in [-0.39, 0.29) is 18.6 Å². The van der Waals surface area contributed by atoms with Crippen molar-refractivity contribution in [1.82, 2.24) is 19.8 Å². The lowest BCUT2D eigenvalue weighted by Crippen LogP contribution is -2.53. The molecule has 0 saturated carbocycles. The van der Waals surface area contributed by atoms with E-state index in [1.54, 1.807) is 0 Å². The molecule has 118 valence electrons. The van der Waals surface area contributed by atoms with Crippen molar-refractivity contribution < 1.29 is 9.90 Å². The largest absolute Gasteiger partial charge is 0.396 e. The highest BCUT2D eigenvalue weighted by molar-refractivity contribution is 5.80. The quantitative estimate of drug-likeness (QED) is 0.869. The molecule has 22 heavy (non-hydrogen) atoms. The lowest BCUT2D eigenvalue weighted by atomic mass is 10.1. The molecule has 1 aliphatic rings. The van der Waals surface area contributed by atoms with Gasteiger partial charge in [0.05, 0.1) is 17.5 Å². The second-order valence-corrected chi connectivity index (χ2v) is 5.86. The van der Waals surface area contributed by atoms with Gasteiger partial charge in [0, 0.05) is 32.3 Å². The summed E-state index contributed by atoms with van der Waals surface area (Å²) in [4.78, 5) is 24.2. The van der Waals surface area contributed by atoms with Crippen LogP contribution in [0, 0.1) is 0 Å². The number of imidazole rings is 1. The number of nitrogens with one attached hydrogen (secondary N) is 1. The van der Waals surface area contributed by atoms with Gasteiger partial charge in [-0.3, -0.25) is 9.69 Å². The van der Waals surface area contributed by atoms with Crippen molar-refractivity contribution in [1.29, 1.82) is 0 Å². The van der Waals surface area contributed by atoms with Crippen molar-refractivity contribution in [2.24, 2.45) is 0 Å². The smallest absolute Gasteiger partial charge is 0.230 e. The molecule has 0 aliphatic carbocycles. The predicted molar refractivity (Wildman–Crippen MR) is 84.5 cm³/mol. The van der Waals surface area contributed by atoms with E-state index in [0.717, 1.165) is 24.1 Å². The van der Waals surface area contributed by atoms with Crippen LogP contribution in [-0.2, 0) is 11.2 Å². The maximum atomic E-state index is 12.5. The highest BCUT2D eigenvalue weighted by Crippen LogP contribution is 2.14. The lowest BCUT2D eigenvalue weighted by Gasteiger charge is -2.39. The van der Waals surface area contributed by atoms with Gasteiger partial charge >= 0.3 is 0 Å². The number of amides is 1. The van der Waals surface area contributed by atoms with Gasteiger partial charge in [-0.25, -0.2) is 4.98 Å². The number of carbonyl (C=O) groups excluding carboxylic acids is 1. The number of para-hydroxylation sites is 2. The summed E-state index contributed by atoms with van der Waals surface area (Å²) in [7, 11) is 2.04. The summed E-state index contributed by atoms with van der Waals surface area (Å²) in [6.45, 7) is 2.41. The molecule has 1 atom stereocenters. The maximum absolute atomic E-state index is 12.5. The fourth-order valence-corrected chi connectivity index (χ4v) is 2.98. The Morgan fingerprint density at radius 1 is 1.41 bits per heavy atom. The number of aliphatic hydroxyl groups excluding tert-OH is 1. The number of aromatic nitrogens is 2. The van der Waals surface area contributed by atoms with E-state index in [9.17, 15) is 4.79 Å². The summed E-state index contributed by atoms with van der Waals surface area (Å²) in [6, 6.07) is 8.02. The molecule has 1 aromatic carbocycles. The van der Waals surface area contributed by atoms with Crippen LogP contribution in [0.4, 0.5) is 0 Å². The number of nitrogens with zero attached hydrogens (tertiary/aromatic N) is 3. The SMILES string of the molecule is CN1CCN(C(=O)Cc2nc3ccccc3[nH]2)C[C@@H]1CCO. The Balaban J connectivity index is 1.66. The highest BCUT2D eigenvalue weighted by Gasteiger charge is 2.27. The summed E-state index contributed by atoms with van der Waals surface area (Å²) in [6.07, 6.45) is 0.995. The zero-order chi connectivity index (χ0) is 15.5. The zero-order valence-electron chi connectivity index (χ0n) is 12.8. The molecule has 6 heteroatoms. The van der Waals surface area contributed by atoms with E-state index >= 15 is 0 Å². The third kappa shape index (κ3) is 3.13. The van der Waals surface area contributed by atoms with Gasteiger partial charge < -0.3 is 15.0 Å². The summed E-state index contributed by atoms with van der Waals surface area (Å²) in [5.74, 6) is 0.805. The summed E-state index contributed by atoms with van der Waals surface area (Å²) < 4.78 is 0. The number of hydrogen-bond acceptors (Lipinski definition) is 4. The minimum absolute atomic E-state index is 0.0927. The molecule has 6 nitrogen and oxygen atoms in total. The molecule has 0 spiro atoms. The van der Waals surface area contributed by atoms with Gasteiger partial charge in [0.2, 0.25) is 5.91 Å². The molecule has 1 aromatic heterocycles. The molecule has 1 fully saturated rings. The number of H-pyrrole nitrogens is 1. The summed E-state index contributed by atoms with van der Waals surface area (Å²) in [5, 5.41) is 9.13. The number of likely N-dealkylation sites (N-methyl/N-ethyl adjacent to an activating group) is 1. The first-order valence-corrected chi connectivity index (χ1v) is 7.70. The first-order valence-electron chi connectivity index (χ1n) is 7.70. The molecule has 3 rings (SSSR count). The molecule has 1 amide bonds. The standard InChI is InChI=1S/C16H22N4O2/c1-19-7-8-20(11-12(19)6-9-21)16(22)10-15-17-13-4-2-3-5-14(13)18-15/h2-5,12,21H,6-11H2,1H3,(H,17,18)/t12-/m0/s1. The first-order chi connectivity index (χ1) is 10.7. The van der Waals surface area contributed by atoms with Crippen LogP contribution >= 0.6 is 0 Å². The third-order valence-corrected chi connectivity index (χ3v) is 4.35. The van der Waals surface area contributed by atoms with Crippen molar-refractivity contribution in [2.75, 3.05) is 33.3 Å². The topological polar surface area (TPSA) is 72.5 Å². The number of aromatic amines is 1. The second-order valence-electron chi connectivity index (χ2n) is 5.86. The molecule has 0 bridgehead atoms. The van der Waals surface area contributed by atoms with Crippen LogP contribution in [0.1, 0.15) is 12.2 Å². The maximum Gasteiger partial charge on any atom is 0.230 e. The van der Waals surface area contributed by atoms with Gasteiger partial charge in [0.15, 0.2) is 0 Å². The van der Waals surface area contributed by atoms with E-state index in [0.29, 0.717) is 25.2 Å². The number of hydrogen-bond donors (Lipinski definition) is 2. The normalized spacial score (nSPS) is 19.7. The van der Waals surface area contributed by atoms with Crippen molar-refractivity contribution in [3.05, 3.63) is 30.1 Å². The average molecular weight is 302 g/mol. The molecule has 2 aromatic rings. The van der Waals surface area contributed by atoms with Crippen LogP contribution in [-0.4, -0.2) is 70.1 Å². The number of piperazine rings is 1. The summed E-state index contributed by atoms with van der Waals surface area (Å²) >= 11 is 0. The van der Waals surface area contributed by atoms with Crippen LogP contribution < -0.4 is 0 Å². The van der Waals surface area contributed by atoms with E-state index in [1.807, 2.05) is 36.2 Å². The Labute approximate surface area is 129 Å². The van der Waals surface area contributed by atoms with E-state index in [1.165, 1.54) is 0 Å². The average Bonchev–Trinajstić information content (AvgIpc) is 2.91. The van der Waals surface area contributed by atoms with E-state index in [2.05, 4.69) is 14.9 Å². The Kier molecular flexibility index (Phi) is 4.40. The molecule has 0 radical (unpaired) electrons. The Bertz CT molecular complexity index is 621. The lowest BCUT2D eigenvalue weighted by molar-refractivity contribution is -0.133. The molecular formula is C16H22N4O2. The highest BCUT2D eigenvalue weighted by atomic mass is 16.3. The van der Waals surface area contributed by atoms with Gasteiger partial charge in [0.1, 0.15) is 5.82 Å². The van der Waals surface area contributed by atoms with Crippen LogP contribution in [0.2, 0.25) is 0 Å². The van der Waals surface area contributed by atoms with Crippen molar-refractivity contribution in [3.8, 4) is 0 Å². The van der Waals surface area contributed by atoms with E-state index < -0.39 is 0 Å². The molecular weight excluding hydrogens is 280 g/mol. The van der Waals surface area contributed by atoms with Gasteiger partial charge in [-0.1, -0.05) is 12.1 Å². The first kappa shape index (κ1) is 15.0. The van der Waals surface area contributed by atoms with Gasteiger partial charge in [-0.2, -0.15) is 0 Å². The molecule has 2 N–H and O–H groups in total. The van der Waals surface area contributed by atoms with Gasteiger partial charge in [-0.05, 0) is 25.6 Å². The monoisotopic (exact) mass is 302 g/mol. The van der Waals surface area contributed by atoms with Crippen LogP contribution in [0.5, 0.6) is 0 Å². The number of rotatable bonds is 4. The predicted octanol–water partition coefficient (Wildman–Crippen LogP) is 0.630. The number of carbonyl (C=O) groups is 1. The van der Waals surface area contributed by atoms with Gasteiger partial charge in [0.25, 0.3) is 0 Å². The third-order valence-electron chi connectivity index (χ3n) is 4.35. The summed E-state index contributed by atoms with van der Waals surface area (Å²) in [5.41, 5.74) is 1.85. The van der Waals surface area contributed by atoms with Crippen molar-refractivity contribution in [2.45, 2.75) is 18.9 Å². The van der Waals surface area contributed by atoms with Crippen LogP contribution in [0.25, 0.3) is 11.0 Å². The Morgan fingerprint density at radius 2 is 2.23 bits per heavy atom. The molecule has 2 heterocycles. The van der Waals surface area contributed by atoms with Crippen LogP contribution in [0.3, 0.4) is 0 Å². The second kappa shape index (κ2) is 6.46. The van der Waals surface area contributed by atoms with Crippen LogP contribution in [0.15, 0.2) is 24.3 Å². The Hall–Kier alpha value is -1.92. The Morgan fingerprint density at radius 3 is 3.00 bits per heavy atom. The zero-order valence-corrected chi connectivity index (χ0v) is 12.8. The molecule has 0 unspecified atom stereocenters. The van der Waals surface area contributed by atoms with Crippen molar-refractivity contribution in [3.63, 3.8) is 0 Å².